The van der Waals surface area contributed by atoms with Crippen molar-refractivity contribution in [2.24, 2.45) is 0 Å². The predicted molar refractivity (Wildman–Crippen MR) is 116 cm³/mol. The maximum atomic E-state index is 13.1. The van der Waals surface area contributed by atoms with Crippen LogP contribution in [-0.2, 0) is 6.54 Å². The summed E-state index contributed by atoms with van der Waals surface area (Å²) in [7, 11) is 0. The van der Waals surface area contributed by atoms with Gasteiger partial charge in [0.25, 0.3) is 11.5 Å². The molecule has 0 radical (unpaired) electrons. The molecule has 30 heavy (non-hydrogen) atoms. The molecule has 7 heteroatoms. The normalized spacial score (nSPS) is 10.6. The summed E-state index contributed by atoms with van der Waals surface area (Å²) < 4.78 is 0. The minimum absolute atomic E-state index is 0.00457. The van der Waals surface area contributed by atoms with Gasteiger partial charge in [-0.2, -0.15) is 5.10 Å². The van der Waals surface area contributed by atoms with Gasteiger partial charge in [-0.25, -0.2) is 10.1 Å². The van der Waals surface area contributed by atoms with Crippen LogP contribution in [0.3, 0.4) is 0 Å². The molecule has 0 saturated carbocycles. The third-order valence-corrected chi connectivity index (χ3v) is 4.94. The molecule has 2 N–H and O–H groups in total. The second kappa shape index (κ2) is 8.71. The average molecular weight is 417 g/mol. The zero-order chi connectivity index (χ0) is 20.9. The van der Waals surface area contributed by atoms with E-state index >= 15 is 0 Å². The number of aromatic amines is 1. The molecule has 0 atom stereocenters. The summed E-state index contributed by atoms with van der Waals surface area (Å²) in [5.41, 5.74) is 2.59. The molecule has 0 aliphatic heterocycles. The van der Waals surface area contributed by atoms with Crippen LogP contribution in [0, 0.1) is 0 Å². The second-order valence-corrected chi connectivity index (χ2v) is 6.88. The van der Waals surface area contributed by atoms with Gasteiger partial charge in [-0.05, 0) is 11.6 Å². The van der Waals surface area contributed by atoms with Crippen molar-refractivity contribution in [3.8, 4) is 22.4 Å². The Kier molecular flexibility index (Phi) is 5.68. The van der Waals surface area contributed by atoms with Gasteiger partial charge in [0.2, 0.25) is 0 Å². The van der Waals surface area contributed by atoms with Gasteiger partial charge in [0, 0.05) is 29.4 Å². The molecule has 0 bridgehead atoms. The van der Waals surface area contributed by atoms with Crippen LogP contribution < -0.4 is 10.9 Å². The van der Waals surface area contributed by atoms with Crippen molar-refractivity contribution in [2.45, 2.75) is 6.54 Å². The summed E-state index contributed by atoms with van der Waals surface area (Å²) in [6, 6.07) is 22.2. The Hall–Kier alpha value is -3.77. The van der Waals surface area contributed by atoms with Crippen LogP contribution in [0.25, 0.3) is 22.4 Å². The molecule has 0 aliphatic rings. The lowest BCUT2D eigenvalue weighted by Gasteiger charge is -2.14. The fourth-order valence-corrected chi connectivity index (χ4v) is 3.36. The van der Waals surface area contributed by atoms with Gasteiger partial charge in [0.05, 0.1) is 5.69 Å². The van der Waals surface area contributed by atoms with Gasteiger partial charge >= 0.3 is 0 Å². The second-order valence-electron chi connectivity index (χ2n) is 6.52. The van der Waals surface area contributed by atoms with E-state index in [2.05, 4.69) is 20.5 Å². The van der Waals surface area contributed by atoms with Crippen LogP contribution in [-0.4, -0.2) is 21.1 Å². The van der Waals surface area contributed by atoms with Crippen LogP contribution in [0.4, 0.5) is 0 Å². The summed E-state index contributed by atoms with van der Waals surface area (Å²) >= 11 is 6.08. The first-order valence-electron chi connectivity index (χ1n) is 9.26. The Bertz CT molecular complexity index is 1240. The third kappa shape index (κ3) is 3.99. The van der Waals surface area contributed by atoms with Crippen molar-refractivity contribution in [3.63, 3.8) is 0 Å². The Morgan fingerprint density at radius 2 is 1.60 bits per heavy atom. The van der Waals surface area contributed by atoms with Crippen molar-refractivity contribution < 1.29 is 4.79 Å². The van der Waals surface area contributed by atoms with Crippen molar-refractivity contribution in [1.82, 2.24) is 20.5 Å². The highest BCUT2D eigenvalue weighted by atomic mass is 35.5. The smallest absolute Gasteiger partial charge is 0.277 e. The van der Waals surface area contributed by atoms with E-state index in [1.165, 1.54) is 0 Å². The number of hydrogen-bond donors (Lipinski definition) is 2. The molecule has 4 aromatic rings. The minimum Gasteiger partial charge on any atom is -0.348 e. The number of H-pyrrole nitrogens is 1. The summed E-state index contributed by atoms with van der Waals surface area (Å²) in [5, 5.41) is 9.79. The predicted octanol–water partition coefficient (Wildman–Crippen LogP) is 4.08. The summed E-state index contributed by atoms with van der Waals surface area (Å²) in [4.78, 5) is 29.8. The van der Waals surface area contributed by atoms with E-state index < -0.39 is 11.5 Å². The van der Waals surface area contributed by atoms with Gasteiger partial charge in [0.15, 0.2) is 0 Å². The van der Waals surface area contributed by atoms with Crippen molar-refractivity contribution >= 4 is 17.5 Å². The number of carbonyl (C=O) groups excluding carboxylic acids is 1. The van der Waals surface area contributed by atoms with Gasteiger partial charge in [-0.15, -0.1) is 0 Å². The largest absolute Gasteiger partial charge is 0.348 e. The molecule has 1 amide bonds. The molecule has 0 saturated heterocycles. The van der Waals surface area contributed by atoms with Crippen LogP contribution in [0.15, 0.2) is 83.8 Å². The van der Waals surface area contributed by atoms with Gasteiger partial charge in [-0.3, -0.25) is 9.59 Å². The lowest BCUT2D eigenvalue weighted by atomic mass is 9.95. The van der Waals surface area contributed by atoms with Crippen molar-refractivity contribution in [2.75, 3.05) is 0 Å². The van der Waals surface area contributed by atoms with Crippen molar-refractivity contribution in [3.05, 3.63) is 106 Å². The number of hydrogen-bond acceptors (Lipinski definition) is 4. The highest BCUT2D eigenvalue weighted by molar-refractivity contribution is 6.30. The highest BCUT2D eigenvalue weighted by Crippen LogP contribution is 2.31. The lowest BCUT2D eigenvalue weighted by molar-refractivity contribution is 0.0950. The number of carbonyl (C=O) groups is 1. The number of benzene rings is 2. The summed E-state index contributed by atoms with van der Waals surface area (Å²) in [6.45, 7) is 0.141. The van der Waals surface area contributed by atoms with Gasteiger partial charge in [-0.1, -0.05) is 78.3 Å². The Morgan fingerprint density at radius 3 is 2.27 bits per heavy atom. The van der Waals surface area contributed by atoms with Gasteiger partial charge < -0.3 is 5.32 Å². The zero-order valence-corrected chi connectivity index (χ0v) is 16.6. The molecule has 0 aliphatic carbocycles. The molecule has 6 nitrogen and oxygen atoms in total. The molecule has 0 unspecified atom stereocenters. The SMILES string of the molecule is O=C(NCc1cccnc1Cl)c1c(-c2ccccc2)c(-c2ccccc2)n[nH]c1=O. The van der Waals surface area contributed by atoms with E-state index in [0.717, 1.165) is 11.1 Å². The average Bonchev–Trinajstić information content (AvgIpc) is 2.79. The van der Waals surface area contributed by atoms with Crippen LogP contribution in [0.5, 0.6) is 0 Å². The number of pyridine rings is 1. The Balaban J connectivity index is 1.81. The van der Waals surface area contributed by atoms with E-state index in [9.17, 15) is 9.59 Å². The van der Waals surface area contributed by atoms with Crippen LogP contribution >= 0.6 is 11.6 Å². The number of aromatic nitrogens is 3. The standard InChI is InChI=1S/C23H17ClN4O2/c24-21-17(12-7-13-25-21)14-26-22(29)19-18(15-8-3-1-4-9-15)20(27-28-23(19)30)16-10-5-2-6-11-16/h1-13H,14H2,(H,26,29)(H,28,30). The number of halogens is 1. The topological polar surface area (TPSA) is 87.7 Å². The van der Waals surface area contributed by atoms with Gasteiger partial charge in [0.1, 0.15) is 10.7 Å². The molecule has 4 rings (SSSR count). The van der Waals surface area contributed by atoms with Crippen LogP contribution in [0.2, 0.25) is 5.15 Å². The molecule has 2 aromatic heterocycles. The number of rotatable bonds is 5. The summed E-state index contributed by atoms with van der Waals surface area (Å²) in [5.74, 6) is -0.519. The first-order chi connectivity index (χ1) is 14.6. The maximum absolute atomic E-state index is 13.1. The molecule has 2 aromatic carbocycles. The Labute approximate surface area is 177 Å². The van der Waals surface area contributed by atoms with E-state index in [-0.39, 0.29) is 12.1 Å². The molecular weight excluding hydrogens is 400 g/mol. The summed E-state index contributed by atoms with van der Waals surface area (Å²) in [6.07, 6.45) is 1.57. The van der Waals surface area contributed by atoms with E-state index in [1.807, 2.05) is 60.7 Å². The quantitative estimate of drug-likeness (QED) is 0.480. The van der Waals surface area contributed by atoms with E-state index in [0.29, 0.717) is 22.0 Å². The monoisotopic (exact) mass is 416 g/mol. The maximum Gasteiger partial charge on any atom is 0.277 e. The fourth-order valence-electron chi connectivity index (χ4n) is 3.17. The van der Waals surface area contributed by atoms with E-state index in [1.54, 1.807) is 18.3 Å². The fraction of sp³-hybridized carbons (Fsp3) is 0.0435. The minimum atomic E-state index is -0.566. The third-order valence-electron chi connectivity index (χ3n) is 4.60. The van der Waals surface area contributed by atoms with E-state index in [4.69, 9.17) is 11.6 Å². The molecule has 2 heterocycles. The lowest BCUT2D eigenvalue weighted by Crippen LogP contribution is -2.31. The first-order valence-corrected chi connectivity index (χ1v) is 9.64. The van der Waals surface area contributed by atoms with Crippen LogP contribution in [0.1, 0.15) is 15.9 Å². The number of amides is 1. The zero-order valence-electron chi connectivity index (χ0n) is 15.8. The highest BCUT2D eigenvalue weighted by Gasteiger charge is 2.23. The molecular formula is C23H17ClN4O2. The Morgan fingerprint density at radius 1 is 0.933 bits per heavy atom. The molecule has 0 spiro atoms. The number of nitrogens with one attached hydrogen (secondary N) is 2. The first kappa shape index (κ1) is 19.5. The molecule has 148 valence electrons. The van der Waals surface area contributed by atoms with Crippen molar-refractivity contribution in [1.29, 1.82) is 0 Å². The molecule has 0 fully saturated rings. The number of nitrogens with zero attached hydrogens (tertiary/aromatic N) is 2.